The maximum atomic E-state index is 12.4. The third kappa shape index (κ3) is 4.18. The van der Waals surface area contributed by atoms with Crippen LogP contribution in [0.5, 0.6) is 0 Å². The highest BCUT2D eigenvalue weighted by Gasteiger charge is 2.24. The van der Waals surface area contributed by atoms with Crippen LogP contribution in [0.3, 0.4) is 0 Å². The molecule has 4 heteroatoms. The summed E-state index contributed by atoms with van der Waals surface area (Å²) in [5.41, 5.74) is 1.45. The van der Waals surface area contributed by atoms with Gasteiger partial charge in [0.05, 0.1) is 6.54 Å². The van der Waals surface area contributed by atoms with Crippen molar-refractivity contribution in [1.82, 2.24) is 9.80 Å². The Bertz CT molecular complexity index is 711. The lowest BCUT2D eigenvalue weighted by Gasteiger charge is -2.31. The standard InChI is InChI=1S/C22H28N2O2/c25-22(24-12-4-5-13-24)21-9-8-20(26-21)17-23-14-10-19(11-15-23)16-18-6-2-1-3-7-18/h1-3,6-9,19H,4-5,10-17H2. The number of nitrogens with zero attached hydrogens (tertiary/aromatic N) is 2. The Morgan fingerprint density at radius 3 is 2.42 bits per heavy atom. The number of likely N-dealkylation sites (tertiary alicyclic amines) is 2. The second kappa shape index (κ2) is 8.09. The Kier molecular flexibility index (Phi) is 5.40. The number of rotatable bonds is 5. The van der Waals surface area contributed by atoms with Gasteiger partial charge in [0.15, 0.2) is 5.76 Å². The summed E-state index contributed by atoms with van der Waals surface area (Å²) in [6.45, 7) is 4.75. The highest BCUT2D eigenvalue weighted by molar-refractivity contribution is 5.91. The Labute approximate surface area is 155 Å². The van der Waals surface area contributed by atoms with Crippen LogP contribution in [-0.2, 0) is 13.0 Å². The normalized spacial score (nSPS) is 19.2. The Hall–Kier alpha value is -2.07. The second-order valence-corrected chi connectivity index (χ2v) is 7.67. The van der Waals surface area contributed by atoms with E-state index in [0.717, 1.165) is 57.2 Å². The van der Waals surface area contributed by atoms with E-state index in [0.29, 0.717) is 5.76 Å². The zero-order valence-electron chi connectivity index (χ0n) is 15.4. The molecule has 0 radical (unpaired) electrons. The van der Waals surface area contributed by atoms with Gasteiger partial charge in [0.25, 0.3) is 5.91 Å². The molecule has 26 heavy (non-hydrogen) atoms. The molecule has 138 valence electrons. The first-order valence-electron chi connectivity index (χ1n) is 9.92. The molecule has 2 fully saturated rings. The molecule has 0 atom stereocenters. The molecule has 1 amide bonds. The number of piperidine rings is 1. The van der Waals surface area contributed by atoms with E-state index >= 15 is 0 Å². The van der Waals surface area contributed by atoms with Crippen LogP contribution in [-0.4, -0.2) is 41.9 Å². The topological polar surface area (TPSA) is 36.7 Å². The van der Waals surface area contributed by atoms with Gasteiger partial charge in [-0.1, -0.05) is 30.3 Å². The van der Waals surface area contributed by atoms with E-state index in [-0.39, 0.29) is 5.91 Å². The molecule has 0 spiro atoms. The van der Waals surface area contributed by atoms with Gasteiger partial charge in [-0.25, -0.2) is 0 Å². The first-order chi connectivity index (χ1) is 12.8. The van der Waals surface area contributed by atoms with Gasteiger partial charge >= 0.3 is 0 Å². The maximum Gasteiger partial charge on any atom is 0.289 e. The van der Waals surface area contributed by atoms with E-state index in [1.807, 2.05) is 17.0 Å². The molecular weight excluding hydrogens is 324 g/mol. The van der Waals surface area contributed by atoms with Crippen molar-refractivity contribution in [3.63, 3.8) is 0 Å². The van der Waals surface area contributed by atoms with Crippen LogP contribution in [0.2, 0.25) is 0 Å². The van der Waals surface area contributed by atoms with Crippen molar-refractivity contribution in [3.05, 3.63) is 59.5 Å². The van der Waals surface area contributed by atoms with E-state index in [1.54, 1.807) is 0 Å². The molecule has 1 aromatic heterocycles. The number of furan rings is 1. The van der Waals surface area contributed by atoms with Crippen molar-refractivity contribution in [2.24, 2.45) is 5.92 Å². The van der Waals surface area contributed by atoms with Crippen LogP contribution in [0, 0.1) is 5.92 Å². The fraction of sp³-hybridized carbons (Fsp3) is 0.500. The third-order valence-corrected chi connectivity index (χ3v) is 5.72. The molecule has 4 nitrogen and oxygen atoms in total. The molecule has 0 aliphatic carbocycles. The Balaban J connectivity index is 1.26. The number of carbonyl (C=O) groups excluding carboxylic acids is 1. The molecule has 2 aromatic rings. The fourth-order valence-corrected chi connectivity index (χ4v) is 4.17. The van der Waals surface area contributed by atoms with Crippen LogP contribution in [0.1, 0.15) is 47.6 Å². The van der Waals surface area contributed by atoms with Gasteiger partial charge < -0.3 is 9.32 Å². The van der Waals surface area contributed by atoms with Crippen molar-refractivity contribution in [3.8, 4) is 0 Å². The van der Waals surface area contributed by atoms with Gasteiger partial charge in [-0.3, -0.25) is 9.69 Å². The van der Waals surface area contributed by atoms with Gasteiger partial charge in [0, 0.05) is 13.1 Å². The SMILES string of the molecule is O=C(c1ccc(CN2CCC(Cc3ccccc3)CC2)o1)N1CCCC1. The van der Waals surface area contributed by atoms with E-state index in [1.165, 1.54) is 24.8 Å². The minimum atomic E-state index is 0.0512. The lowest BCUT2D eigenvalue weighted by atomic mass is 9.90. The molecule has 1 aromatic carbocycles. The molecule has 3 heterocycles. The summed E-state index contributed by atoms with van der Waals surface area (Å²) in [5, 5.41) is 0. The zero-order chi connectivity index (χ0) is 17.8. The van der Waals surface area contributed by atoms with Gasteiger partial charge in [-0.05, 0) is 68.8 Å². The minimum Gasteiger partial charge on any atom is -0.455 e. The molecule has 0 N–H and O–H groups in total. The van der Waals surface area contributed by atoms with Gasteiger partial charge in [0.2, 0.25) is 0 Å². The summed E-state index contributed by atoms with van der Waals surface area (Å²) in [6.07, 6.45) is 5.86. The van der Waals surface area contributed by atoms with Crippen LogP contribution >= 0.6 is 0 Å². The summed E-state index contributed by atoms with van der Waals surface area (Å²) in [6, 6.07) is 14.6. The molecule has 0 bridgehead atoms. The molecule has 0 saturated carbocycles. The minimum absolute atomic E-state index is 0.0512. The van der Waals surface area contributed by atoms with Crippen molar-refractivity contribution < 1.29 is 9.21 Å². The number of amides is 1. The van der Waals surface area contributed by atoms with Crippen LogP contribution in [0.4, 0.5) is 0 Å². The van der Waals surface area contributed by atoms with Crippen molar-refractivity contribution >= 4 is 5.91 Å². The molecule has 2 aliphatic heterocycles. The molecule has 2 saturated heterocycles. The van der Waals surface area contributed by atoms with E-state index in [4.69, 9.17) is 4.42 Å². The first-order valence-corrected chi connectivity index (χ1v) is 9.92. The summed E-state index contributed by atoms with van der Waals surface area (Å²) >= 11 is 0. The van der Waals surface area contributed by atoms with E-state index < -0.39 is 0 Å². The predicted molar refractivity (Wildman–Crippen MR) is 102 cm³/mol. The van der Waals surface area contributed by atoms with Crippen molar-refractivity contribution in [2.45, 2.75) is 38.6 Å². The highest BCUT2D eigenvalue weighted by atomic mass is 16.4. The first kappa shape index (κ1) is 17.3. The average Bonchev–Trinajstić information content (AvgIpc) is 3.36. The second-order valence-electron chi connectivity index (χ2n) is 7.67. The Morgan fingerprint density at radius 2 is 1.69 bits per heavy atom. The molecule has 2 aliphatic rings. The predicted octanol–water partition coefficient (Wildman–Crippen LogP) is 3.97. The summed E-state index contributed by atoms with van der Waals surface area (Å²) in [5.74, 6) is 2.24. The Morgan fingerprint density at radius 1 is 0.962 bits per heavy atom. The lowest BCUT2D eigenvalue weighted by molar-refractivity contribution is 0.0756. The number of carbonyl (C=O) groups is 1. The molecule has 4 rings (SSSR count). The van der Waals surface area contributed by atoms with E-state index in [9.17, 15) is 4.79 Å². The monoisotopic (exact) mass is 352 g/mol. The summed E-state index contributed by atoms with van der Waals surface area (Å²) in [4.78, 5) is 16.7. The molecule has 0 unspecified atom stereocenters. The van der Waals surface area contributed by atoms with Crippen molar-refractivity contribution in [1.29, 1.82) is 0 Å². The largest absolute Gasteiger partial charge is 0.455 e. The van der Waals surface area contributed by atoms with E-state index in [2.05, 4.69) is 35.2 Å². The zero-order valence-corrected chi connectivity index (χ0v) is 15.4. The summed E-state index contributed by atoms with van der Waals surface area (Å²) in [7, 11) is 0. The lowest BCUT2D eigenvalue weighted by Crippen LogP contribution is -2.33. The number of hydrogen-bond acceptors (Lipinski definition) is 3. The highest BCUT2D eigenvalue weighted by Crippen LogP contribution is 2.23. The van der Waals surface area contributed by atoms with Crippen molar-refractivity contribution in [2.75, 3.05) is 26.2 Å². The van der Waals surface area contributed by atoms with Crippen LogP contribution in [0.25, 0.3) is 0 Å². The summed E-state index contributed by atoms with van der Waals surface area (Å²) < 4.78 is 5.85. The quantitative estimate of drug-likeness (QED) is 0.817. The number of benzene rings is 1. The van der Waals surface area contributed by atoms with Gasteiger partial charge in [-0.2, -0.15) is 0 Å². The smallest absolute Gasteiger partial charge is 0.289 e. The van der Waals surface area contributed by atoms with Gasteiger partial charge in [0.1, 0.15) is 5.76 Å². The average molecular weight is 352 g/mol. The van der Waals surface area contributed by atoms with Crippen LogP contribution < -0.4 is 0 Å². The molecular formula is C22H28N2O2. The van der Waals surface area contributed by atoms with Gasteiger partial charge in [-0.15, -0.1) is 0 Å². The third-order valence-electron chi connectivity index (χ3n) is 5.72. The fourth-order valence-electron chi connectivity index (χ4n) is 4.17. The number of hydrogen-bond donors (Lipinski definition) is 0. The maximum absolute atomic E-state index is 12.4. The van der Waals surface area contributed by atoms with Crippen LogP contribution in [0.15, 0.2) is 46.9 Å².